The van der Waals surface area contributed by atoms with Crippen LogP contribution in [0.4, 0.5) is 5.69 Å². The molecule has 1 rings (SSSR count). The molecular formula is C15H19NO4S. The van der Waals surface area contributed by atoms with Gasteiger partial charge >= 0.3 is 5.97 Å². The normalized spacial score (nSPS) is 12.0. The molecule has 114 valence electrons. The summed E-state index contributed by atoms with van der Waals surface area (Å²) >= 11 is 1.14. The average Bonchev–Trinajstić information content (AvgIpc) is 2.38. The summed E-state index contributed by atoms with van der Waals surface area (Å²) in [6.45, 7) is 5.33. The van der Waals surface area contributed by atoms with Crippen LogP contribution >= 0.6 is 11.8 Å². The lowest BCUT2D eigenvalue weighted by Gasteiger charge is -2.19. The topological polar surface area (TPSA) is 83.5 Å². The van der Waals surface area contributed by atoms with Crippen LogP contribution in [0.5, 0.6) is 0 Å². The lowest BCUT2D eigenvalue weighted by Crippen LogP contribution is -2.29. The third-order valence-electron chi connectivity index (χ3n) is 3.01. The van der Waals surface area contributed by atoms with E-state index in [1.807, 2.05) is 13.8 Å². The van der Waals surface area contributed by atoms with Gasteiger partial charge in [-0.2, -0.15) is 0 Å². The summed E-state index contributed by atoms with van der Waals surface area (Å²) in [6.07, 6.45) is 0. The van der Waals surface area contributed by atoms with Gasteiger partial charge in [0.25, 0.3) is 0 Å². The van der Waals surface area contributed by atoms with Crippen LogP contribution in [-0.2, 0) is 9.59 Å². The molecule has 6 heteroatoms. The second-order valence-corrected chi connectivity index (χ2v) is 6.22. The molecule has 0 heterocycles. The second-order valence-electron chi connectivity index (χ2n) is 5.02. The third kappa shape index (κ3) is 5.59. The molecule has 1 unspecified atom stereocenters. The minimum atomic E-state index is -1.01. The highest BCUT2D eigenvalue weighted by Crippen LogP contribution is 2.20. The summed E-state index contributed by atoms with van der Waals surface area (Å²) in [4.78, 5) is 34.0. The van der Waals surface area contributed by atoms with Gasteiger partial charge in [0.2, 0.25) is 5.91 Å². The predicted octanol–water partition coefficient (Wildman–Crippen LogP) is 2.88. The van der Waals surface area contributed by atoms with Crippen LogP contribution in [-0.4, -0.2) is 27.9 Å². The van der Waals surface area contributed by atoms with Crippen LogP contribution in [0.25, 0.3) is 0 Å². The number of anilines is 1. The minimum absolute atomic E-state index is 0.0146. The van der Waals surface area contributed by atoms with Gasteiger partial charge in [0.05, 0.1) is 11.5 Å². The summed E-state index contributed by atoms with van der Waals surface area (Å²) in [5, 5.41) is 11.6. The second kappa shape index (κ2) is 7.83. The molecule has 1 aromatic carbocycles. The van der Waals surface area contributed by atoms with E-state index < -0.39 is 5.97 Å². The number of benzene rings is 1. The van der Waals surface area contributed by atoms with Gasteiger partial charge < -0.3 is 10.4 Å². The standard InChI is InChI=1S/C15H19NO4S/c1-9(2)13(8-21-10(3)17)14(18)16-12-6-4-11(5-7-12)15(19)20/h4-7,9,13H,8H2,1-3H3,(H,16,18)(H,19,20). The molecule has 5 nitrogen and oxygen atoms in total. The number of rotatable bonds is 6. The van der Waals surface area contributed by atoms with Gasteiger partial charge in [0, 0.05) is 18.4 Å². The lowest BCUT2D eigenvalue weighted by atomic mass is 9.97. The van der Waals surface area contributed by atoms with Gasteiger partial charge in [-0.1, -0.05) is 25.6 Å². The van der Waals surface area contributed by atoms with Gasteiger partial charge in [-0.25, -0.2) is 4.79 Å². The SMILES string of the molecule is CC(=O)SCC(C(=O)Nc1ccc(C(=O)O)cc1)C(C)C. The Balaban J connectivity index is 2.72. The fraction of sp³-hybridized carbons (Fsp3) is 0.400. The van der Waals surface area contributed by atoms with Crippen LogP contribution in [0.15, 0.2) is 24.3 Å². The summed E-state index contributed by atoms with van der Waals surface area (Å²) in [5.74, 6) is -0.910. The first kappa shape index (κ1) is 17.2. The zero-order valence-electron chi connectivity index (χ0n) is 12.3. The highest BCUT2D eigenvalue weighted by Gasteiger charge is 2.23. The fourth-order valence-electron chi connectivity index (χ4n) is 1.71. The average molecular weight is 309 g/mol. The first-order chi connectivity index (χ1) is 9.81. The Kier molecular flexibility index (Phi) is 6.42. The number of aromatic carboxylic acids is 1. The smallest absolute Gasteiger partial charge is 0.335 e. The van der Waals surface area contributed by atoms with Gasteiger partial charge in [-0.05, 0) is 30.2 Å². The predicted molar refractivity (Wildman–Crippen MR) is 83.5 cm³/mol. The van der Waals surface area contributed by atoms with E-state index in [9.17, 15) is 14.4 Å². The van der Waals surface area contributed by atoms with E-state index in [0.717, 1.165) is 11.8 Å². The number of thioether (sulfide) groups is 1. The number of carbonyl (C=O) groups is 3. The monoisotopic (exact) mass is 309 g/mol. The summed E-state index contributed by atoms with van der Waals surface area (Å²) < 4.78 is 0. The fourth-order valence-corrected chi connectivity index (χ4v) is 2.66. The highest BCUT2D eigenvalue weighted by molar-refractivity contribution is 8.13. The van der Waals surface area contributed by atoms with Crippen molar-refractivity contribution in [2.75, 3.05) is 11.1 Å². The maximum absolute atomic E-state index is 12.2. The summed E-state index contributed by atoms with van der Waals surface area (Å²) in [6, 6.07) is 5.98. The van der Waals surface area contributed by atoms with E-state index in [0.29, 0.717) is 11.4 Å². The molecule has 1 atom stereocenters. The number of carboxylic acids is 1. The van der Waals surface area contributed by atoms with E-state index in [4.69, 9.17) is 5.11 Å². The van der Waals surface area contributed by atoms with Crippen molar-refractivity contribution in [3.63, 3.8) is 0 Å². The van der Waals surface area contributed by atoms with Gasteiger partial charge in [0.15, 0.2) is 5.12 Å². The van der Waals surface area contributed by atoms with Crippen molar-refractivity contribution in [3.8, 4) is 0 Å². The molecule has 0 aliphatic rings. The van der Waals surface area contributed by atoms with Crippen molar-refractivity contribution in [1.82, 2.24) is 0 Å². The Hall–Kier alpha value is -1.82. The molecular weight excluding hydrogens is 290 g/mol. The Morgan fingerprint density at radius 3 is 2.19 bits per heavy atom. The van der Waals surface area contributed by atoms with Gasteiger partial charge in [0.1, 0.15) is 0 Å². The third-order valence-corrected chi connectivity index (χ3v) is 3.94. The number of nitrogens with one attached hydrogen (secondary N) is 1. The van der Waals surface area contributed by atoms with Crippen molar-refractivity contribution >= 4 is 34.4 Å². The molecule has 0 spiro atoms. The maximum atomic E-state index is 12.2. The maximum Gasteiger partial charge on any atom is 0.335 e. The number of hydrogen-bond donors (Lipinski definition) is 2. The Labute approximate surface area is 128 Å². The van der Waals surface area contributed by atoms with Crippen LogP contribution < -0.4 is 5.32 Å². The van der Waals surface area contributed by atoms with Crippen molar-refractivity contribution in [2.45, 2.75) is 20.8 Å². The first-order valence-corrected chi connectivity index (χ1v) is 7.57. The van der Waals surface area contributed by atoms with Crippen molar-refractivity contribution in [2.24, 2.45) is 11.8 Å². The summed E-state index contributed by atoms with van der Waals surface area (Å²) in [7, 11) is 0. The Morgan fingerprint density at radius 1 is 1.19 bits per heavy atom. The molecule has 0 saturated carbocycles. The van der Waals surface area contributed by atoms with E-state index in [-0.39, 0.29) is 28.4 Å². The molecule has 21 heavy (non-hydrogen) atoms. The molecule has 0 aliphatic carbocycles. The largest absolute Gasteiger partial charge is 0.478 e. The van der Waals surface area contributed by atoms with Crippen LogP contribution in [0.2, 0.25) is 0 Å². The Morgan fingerprint density at radius 2 is 1.76 bits per heavy atom. The molecule has 1 amide bonds. The molecule has 1 aromatic rings. The zero-order valence-corrected chi connectivity index (χ0v) is 13.1. The molecule has 0 aromatic heterocycles. The molecule has 0 bridgehead atoms. The molecule has 0 radical (unpaired) electrons. The molecule has 0 aliphatic heterocycles. The quantitative estimate of drug-likeness (QED) is 0.844. The van der Waals surface area contributed by atoms with Crippen molar-refractivity contribution in [3.05, 3.63) is 29.8 Å². The number of carboxylic acid groups (broad SMARTS) is 1. The lowest BCUT2D eigenvalue weighted by molar-refractivity contribution is -0.120. The van der Waals surface area contributed by atoms with Crippen LogP contribution in [0.1, 0.15) is 31.1 Å². The van der Waals surface area contributed by atoms with Crippen LogP contribution in [0, 0.1) is 11.8 Å². The molecule has 2 N–H and O–H groups in total. The number of carbonyl (C=O) groups excluding carboxylic acids is 2. The van der Waals surface area contributed by atoms with Crippen molar-refractivity contribution in [1.29, 1.82) is 0 Å². The first-order valence-electron chi connectivity index (χ1n) is 6.59. The minimum Gasteiger partial charge on any atom is -0.478 e. The highest BCUT2D eigenvalue weighted by atomic mass is 32.2. The van der Waals surface area contributed by atoms with Gasteiger partial charge in [-0.3, -0.25) is 9.59 Å². The molecule has 0 fully saturated rings. The van der Waals surface area contributed by atoms with E-state index in [2.05, 4.69) is 5.32 Å². The van der Waals surface area contributed by atoms with Gasteiger partial charge in [-0.15, -0.1) is 0 Å². The van der Waals surface area contributed by atoms with Crippen molar-refractivity contribution < 1.29 is 19.5 Å². The van der Waals surface area contributed by atoms with E-state index in [1.54, 1.807) is 12.1 Å². The van der Waals surface area contributed by atoms with E-state index >= 15 is 0 Å². The van der Waals surface area contributed by atoms with E-state index in [1.165, 1.54) is 19.1 Å². The Bertz CT molecular complexity index is 525. The zero-order chi connectivity index (χ0) is 16.0. The number of amides is 1. The summed E-state index contributed by atoms with van der Waals surface area (Å²) in [5.41, 5.74) is 0.712. The number of hydrogen-bond acceptors (Lipinski definition) is 4. The molecule has 0 saturated heterocycles. The van der Waals surface area contributed by atoms with Crippen LogP contribution in [0.3, 0.4) is 0 Å².